The van der Waals surface area contributed by atoms with Crippen LogP contribution in [0.2, 0.25) is 0 Å². The van der Waals surface area contributed by atoms with Gasteiger partial charge in [-0.3, -0.25) is 14.7 Å². The molecule has 4 heteroatoms. The van der Waals surface area contributed by atoms with Crippen LogP contribution in [0.1, 0.15) is 32.1 Å². The number of Topliss-reactive ketones (excluding diaryl/α,β-unsaturated/α-hetero) is 1. The van der Waals surface area contributed by atoms with Gasteiger partial charge in [0.1, 0.15) is 5.78 Å². The maximum Gasteiger partial charge on any atom is 0.134 e. The molecule has 4 nitrogen and oxygen atoms in total. The van der Waals surface area contributed by atoms with Gasteiger partial charge in [0.05, 0.1) is 24.0 Å². The first-order chi connectivity index (χ1) is 8.30. The molecule has 0 radical (unpaired) electrons. The summed E-state index contributed by atoms with van der Waals surface area (Å²) in [4.78, 5) is 19.2. The quantitative estimate of drug-likeness (QED) is 0.665. The summed E-state index contributed by atoms with van der Waals surface area (Å²) in [6, 6.07) is 0.811. The maximum atomic E-state index is 11.9. The van der Waals surface area contributed by atoms with Gasteiger partial charge in [0.2, 0.25) is 0 Å². The summed E-state index contributed by atoms with van der Waals surface area (Å²) >= 11 is 0. The SMILES string of the molecule is O=C1CCC2CCN3CCC4NC=NC4C23C1. The minimum Gasteiger partial charge on any atom is -0.371 e. The number of ketones is 1. The molecule has 4 unspecified atom stereocenters. The van der Waals surface area contributed by atoms with Crippen molar-refractivity contribution in [2.24, 2.45) is 10.9 Å². The van der Waals surface area contributed by atoms with Crippen LogP contribution in [0, 0.1) is 5.92 Å². The Hall–Kier alpha value is -0.900. The lowest BCUT2D eigenvalue weighted by Crippen LogP contribution is -2.66. The molecule has 4 aliphatic rings. The van der Waals surface area contributed by atoms with Gasteiger partial charge in [-0.1, -0.05) is 0 Å². The third kappa shape index (κ3) is 1.17. The molecule has 2 saturated heterocycles. The highest BCUT2D eigenvalue weighted by atomic mass is 16.1. The van der Waals surface area contributed by atoms with Crippen LogP contribution in [0.3, 0.4) is 0 Å². The van der Waals surface area contributed by atoms with E-state index in [-0.39, 0.29) is 5.54 Å². The van der Waals surface area contributed by atoms with Crippen molar-refractivity contribution in [2.75, 3.05) is 13.1 Å². The van der Waals surface area contributed by atoms with Gasteiger partial charge in [0.25, 0.3) is 0 Å². The van der Waals surface area contributed by atoms with Crippen molar-refractivity contribution in [3.8, 4) is 0 Å². The summed E-state index contributed by atoms with van der Waals surface area (Å²) in [7, 11) is 0. The normalized spacial score (nSPS) is 48.5. The van der Waals surface area contributed by atoms with Gasteiger partial charge in [0, 0.05) is 19.4 Å². The predicted octanol–water partition coefficient (Wildman–Crippen LogP) is 0.572. The Morgan fingerprint density at radius 1 is 1.35 bits per heavy atom. The number of fused-ring (bicyclic) bond motifs is 1. The second-order valence-electron chi connectivity index (χ2n) is 6.00. The van der Waals surface area contributed by atoms with Crippen molar-refractivity contribution in [2.45, 2.75) is 49.7 Å². The van der Waals surface area contributed by atoms with Gasteiger partial charge in [-0.25, -0.2) is 0 Å². The molecule has 1 N–H and O–H groups in total. The second-order valence-corrected chi connectivity index (χ2v) is 6.00. The molecule has 92 valence electrons. The van der Waals surface area contributed by atoms with Gasteiger partial charge in [-0.05, 0) is 31.7 Å². The lowest BCUT2D eigenvalue weighted by molar-refractivity contribution is -0.127. The van der Waals surface area contributed by atoms with E-state index in [4.69, 9.17) is 0 Å². The molecule has 0 amide bonds. The topological polar surface area (TPSA) is 44.7 Å². The van der Waals surface area contributed by atoms with E-state index in [0.29, 0.717) is 23.8 Å². The molecule has 4 atom stereocenters. The summed E-state index contributed by atoms with van der Waals surface area (Å²) in [6.45, 7) is 2.32. The second kappa shape index (κ2) is 3.31. The van der Waals surface area contributed by atoms with E-state index < -0.39 is 0 Å². The van der Waals surface area contributed by atoms with E-state index in [1.807, 2.05) is 6.34 Å². The zero-order chi connectivity index (χ0) is 11.5. The number of aliphatic imine (C=N–C) groups is 1. The fourth-order valence-electron chi connectivity index (χ4n) is 4.70. The van der Waals surface area contributed by atoms with Crippen LogP contribution in [0.25, 0.3) is 0 Å². The van der Waals surface area contributed by atoms with E-state index >= 15 is 0 Å². The average molecular weight is 233 g/mol. The van der Waals surface area contributed by atoms with Crippen LogP contribution in [-0.2, 0) is 4.79 Å². The van der Waals surface area contributed by atoms with E-state index in [2.05, 4.69) is 15.2 Å². The highest BCUT2D eigenvalue weighted by molar-refractivity contribution is 5.81. The third-order valence-electron chi connectivity index (χ3n) is 5.42. The van der Waals surface area contributed by atoms with E-state index in [0.717, 1.165) is 25.8 Å². The fourth-order valence-corrected chi connectivity index (χ4v) is 4.70. The van der Waals surface area contributed by atoms with Crippen LogP contribution in [0.5, 0.6) is 0 Å². The summed E-state index contributed by atoms with van der Waals surface area (Å²) < 4.78 is 0. The molecular formula is C13H19N3O. The number of hydrogen-bond donors (Lipinski definition) is 1. The molecule has 3 aliphatic heterocycles. The average Bonchev–Trinajstić information content (AvgIpc) is 2.90. The summed E-state index contributed by atoms with van der Waals surface area (Å²) in [6.07, 6.45) is 6.96. The Kier molecular flexibility index (Phi) is 1.96. The summed E-state index contributed by atoms with van der Waals surface area (Å²) in [5, 5.41) is 3.38. The molecule has 17 heavy (non-hydrogen) atoms. The van der Waals surface area contributed by atoms with Crippen LogP contribution in [-0.4, -0.2) is 47.7 Å². The molecule has 1 spiro atoms. The van der Waals surface area contributed by atoms with Crippen molar-refractivity contribution >= 4 is 12.1 Å². The first kappa shape index (κ1) is 10.1. The zero-order valence-electron chi connectivity index (χ0n) is 10.1. The van der Waals surface area contributed by atoms with Gasteiger partial charge >= 0.3 is 0 Å². The minimum atomic E-state index is 0.0816. The van der Waals surface area contributed by atoms with E-state index in [1.165, 1.54) is 19.4 Å². The Labute approximate surface area is 101 Å². The number of hydrogen-bond acceptors (Lipinski definition) is 4. The van der Waals surface area contributed by atoms with Gasteiger partial charge in [-0.15, -0.1) is 0 Å². The number of piperidine rings is 1. The highest BCUT2D eigenvalue weighted by Crippen LogP contribution is 2.50. The first-order valence-corrected chi connectivity index (χ1v) is 6.85. The summed E-state index contributed by atoms with van der Waals surface area (Å²) in [5.74, 6) is 1.15. The van der Waals surface area contributed by atoms with Crippen molar-refractivity contribution in [1.82, 2.24) is 10.2 Å². The standard InChI is InChI=1S/C13H19N3O/c17-10-2-1-9-3-5-16-6-4-11-12(15-8-14-11)13(9,16)7-10/h8-9,11-12H,1-7H2,(H,14,15). The molecule has 3 heterocycles. The number of carbonyl (C=O) groups excluding carboxylic acids is 1. The molecular weight excluding hydrogens is 214 g/mol. The third-order valence-corrected chi connectivity index (χ3v) is 5.42. The Morgan fingerprint density at radius 2 is 2.24 bits per heavy atom. The first-order valence-electron chi connectivity index (χ1n) is 6.85. The smallest absolute Gasteiger partial charge is 0.134 e. The van der Waals surface area contributed by atoms with Crippen molar-refractivity contribution < 1.29 is 4.79 Å². The molecule has 0 bridgehead atoms. The minimum absolute atomic E-state index is 0.0816. The van der Waals surface area contributed by atoms with Crippen LogP contribution < -0.4 is 5.32 Å². The lowest BCUT2D eigenvalue weighted by Gasteiger charge is -2.52. The van der Waals surface area contributed by atoms with E-state index in [1.54, 1.807) is 0 Å². The molecule has 4 rings (SSSR count). The maximum absolute atomic E-state index is 11.9. The van der Waals surface area contributed by atoms with E-state index in [9.17, 15) is 4.79 Å². The predicted molar refractivity (Wildman–Crippen MR) is 65.1 cm³/mol. The molecule has 1 saturated carbocycles. The zero-order valence-corrected chi connectivity index (χ0v) is 10.1. The van der Waals surface area contributed by atoms with Crippen LogP contribution >= 0.6 is 0 Å². The van der Waals surface area contributed by atoms with Crippen molar-refractivity contribution in [3.63, 3.8) is 0 Å². The number of rotatable bonds is 0. The molecule has 0 aromatic carbocycles. The van der Waals surface area contributed by atoms with Gasteiger partial charge in [-0.2, -0.15) is 0 Å². The Bertz CT molecular complexity index is 386. The lowest BCUT2D eigenvalue weighted by atomic mass is 9.65. The number of nitrogens with zero attached hydrogens (tertiary/aromatic N) is 2. The van der Waals surface area contributed by atoms with Crippen LogP contribution in [0.15, 0.2) is 4.99 Å². The fraction of sp³-hybridized carbons (Fsp3) is 0.846. The highest BCUT2D eigenvalue weighted by Gasteiger charge is 2.60. The largest absolute Gasteiger partial charge is 0.371 e. The number of carbonyl (C=O) groups is 1. The molecule has 3 fully saturated rings. The monoisotopic (exact) mass is 233 g/mol. The van der Waals surface area contributed by atoms with Crippen LogP contribution in [0.4, 0.5) is 0 Å². The van der Waals surface area contributed by atoms with Gasteiger partial charge in [0.15, 0.2) is 0 Å². The summed E-state index contributed by atoms with van der Waals surface area (Å²) in [5.41, 5.74) is 0.0816. The van der Waals surface area contributed by atoms with Crippen molar-refractivity contribution in [3.05, 3.63) is 0 Å². The Morgan fingerprint density at radius 3 is 3.18 bits per heavy atom. The van der Waals surface area contributed by atoms with Gasteiger partial charge < -0.3 is 5.32 Å². The molecule has 0 aromatic rings. The Balaban J connectivity index is 1.78. The number of nitrogens with one attached hydrogen (secondary N) is 1. The van der Waals surface area contributed by atoms with Crippen molar-refractivity contribution in [1.29, 1.82) is 0 Å². The molecule has 0 aromatic heterocycles. The molecule has 1 aliphatic carbocycles.